The van der Waals surface area contributed by atoms with Crippen molar-refractivity contribution in [3.63, 3.8) is 0 Å². The number of nitrogens with one attached hydrogen (secondary N) is 2. The molecule has 3 rings (SSSR count). The minimum Gasteiger partial charge on any atom is -0.394 e. The molecule has 1 amide bonds. The molecule has 1 fully saturated rings. The van der Waals surface area contributed by atoms with E-state index in [1.807, 2.05) is 6.92 Å². The Balaban J connectivity index is 1.50. The highest BCUT2D eigenvalue weighted by atomic mass is 32.2. The van der Waals surface area contributed by atoms with E-state index in [-0.39, 0.29) is 29.7 Å². The third-order valence-corrected chi connectivity index (χ3v) is 6.77. The number of aliphatic hydroxyl groups is 1. The molecule has 2 aromatic carbocycles. The molecule has 0 aromatic heterocycles. The minimum atomic E-state index is -3.60. The Kier molecular flexibility index (Phi) is 7.77. The molecule has 1 saturated heterocycles. The predicted molar refractivity (Wildman–Crippen MR) is 114 cm³/mol. The van der Waals surface area contributed by atoms with Gasteiger partial charge in [0.25, 0.3) is 5.91 Å². The summed E-state index contributed by atoms with van der Waals surface area (Å²) in [5.74, 6) is -0.935. The highest BCUT2D eigenvalue weighted by Crippen LogP contribution is 2.22. The van der Waals surface area contributed by atoms with Crippen LogP contribution in [0.25, 0.3) is 0 Å². The van der Waals surface area contributed by atoms with E-state index in [4.69, 9.17) is 4.74 Å². The number of hydrogen-bond donors (Lipinski definition) is 3. The molecule has 9 heteroatoms. The summed E-state index contributed by atoms with van der Waals surface area (Å²) in [6.07, 6.45) is 0.718. The van der Waals surface area contributed by atoms with Gasteiger partial charge < -0.3 is 15.2 Å². The highest BCUT2D eigenvalue weighted by molar-refractivity contribution is 7.89. The van der Waals surface area contributed by atoms with E-state index in [1.165, 1.54) is 18.2 Å². The first-order valence-corrected chi connectivity index (χ1v) is 11.7. The van der Waals surface area contributed by atoms with E-state index in [9.17, 15) is 22.7 Å². The van der Waals surface area contributed by atoms with Crippen molar-refractivity contribution in [2.45, 2.75) is 49.3 Å². The Hall–Kier alpha value is -2.33. The summed E-state index contributed by atoms with van der Waals surface area (Å²) in [5, 5.41) is 12.5. The van der Waals surface area contributed by atoms with Crippen LogP contribution in [0.5, 0.6) is 0 Å². The number of halogens is 1. The number of ether oxygens (including phenoxy) is 1. The van der Waals surface area contributed by atoms with Crippen LogP contribution >= 0.6 is 0 Å². The average molecular weight is 451 g/mol. The lowest BCUT2D eigenvalue weighted by atomic mass is 9.97. The summed E-state index contributed by atoms with van der Waals surface area (Å²) in [6.45, 7) is 1.79. The summed E-state index contributed by atoms with van der Waals surface area (Å²) in [4.78, 5) is 12.6. The van der Waals surface area contributed by atoms with Crippen LogP contribution in [-0.4, -0.2) is 50.8 Å². The average Bonchev–Trinajstić information content (AvgIpc) is 2.74. The predicted octanol–water partition coefficient (Wildman–Crippen LogP) is 2.14. The lowest BCUT2D eigenvalue weighted by molar-refractivity contribution is -0.0891. The van der Waals surface area contributed by atoms with Crippen molar-refractivity contribution in [2.75, 3.05) is 13.2 Å². The van der Waals surface area contributed by atoms with Crippen molar-refractivity contribution in [2.24, 2.45) is 0 Å². The Labute approximate surface area is 181 Å². The molecule has 168 valence electrons. The first-order chi connectivity index (χ1) is 14.8. The van der Waals surface area contributed by atoms with Crippen molar-refractivity contribution < 1.29 is 27.4 Å². The third kappa shape index (κ3) is 6.33. The van der Waals surface area contributed by atoms with Gasteiger partial charge >= 0.3 is 0 Å². The van der Waals surface area contributed by atoms with E-state index in [1.54, 1.807) is 24.3 Å². The van der Waals surface area contributed by atoms with Gasteiger partial charge in [-0.3, -0.25) is 4.79 Å². The van der Waals surface area contributed by atoms with Crippen molar-refractivity contribution >= 4 is 15.9 Å². The summed E-state index contributed by atoms with van der Waals surface area (Å²) >= 11 is 0. The molecule has 3 atom stereocenters. The van der Waals surface area contributed by atoms with Crippen molar-refractivity contribution in [1.29, 1.82) is 0 Å². The Morgan fingerprint density at radius 1 is 1.19 bits per heavy atom. The molecule has 0 spiro atoms. The maximum atomic E-state index is 13.3. The number of benzene rings is 2. The third-order valence-electron chi connectivity index (χ3n) is 5.29. The fraction of sp³-hybridized carbons (Fsp3) is 0.409. The molecular formula is C22H27FN2O5S. The van der Waals surface area contributed by atoms with Gasteiger partial charge in [0, 0.05) is 12.1 Å². The molecule has 0 radical (unpaired) electrons. The molecule has 0 unspecified atom stereocenters. The zero-order valence-corrected chi connectivity index (χ0v) is 18.1. The van der Waals surface area contributed by atoms with Crippen LogP contribution in [0.2, 0.25) is 0 Å². The van der Waals surface area contributed by atoms with Gasteiger partial charge in [0.15, 0.2) is 0 Å². The lowest BCUT2D eigenvalue weighted by Gasteiger charge is -2.36. The number of aliphatic hydroxyl groups excluding tert-OH is 1. The number of amides is 1. The Morgan fingerprint density at radius 3 is 2.61 bits per heavy atom. The number of aryl methyl sites for hydroxylation is 1. The number of rotatable bonds is 8. The van der Waals surface area contributed by atoms with E-state index >= 15 is 0 Å². The summed E-state index contributed by atoms with van der Waals surface area (Å²) in [5.41, 5.74) is 1.17. The maximum absolute atomic E-state index is 13.3. The van der Waals surface area contributed by atoms with Gasteiger partial charge in [-0.2, -0.15) is 0 Å². The number of hydrogen-bond acceptors (Lipinski definition) is 5. The van der Waals surface area contributed by atoms with Crippen LogP contribution in [-0.2, 0) is 14.8 Å². The minimum absolute atomic E-state index is 0.194. The standard InChI is InChI=1S/C22H27FN2O5S/c1-15-5-8-19(9-6-15)31(28,29)24-12-11-18-7-10-20(21(14-26)30-18)25-22(27)16-3-2-4-17(23)13-16/h2-6,8-9,13,18,20-21,24,26H,7,10-12,14H2,1H3,(H,25,27)/t18-,20-,21+/m0/s1. The SMILES string of the molecule is Cc1ccc(S(=O)(=O)NCC[C@@H]2CC[C@H](NC(=O)c3cccc(F)c3)[C@@H](CO)O2)cc1. The molecule has 31 heavy (non-hydrogen) atoms. The summed E-state index contributed by atoms with van der Waals surface area (Å²) in [7, 11) is -3.60. The highest BCUT2D eigenvalue weighted by Gasteiger charge is 2.32. The van der Waals surface area contributed by atoms with Crippen LogP contribution in [0.4, 0.5) is 4.39 Å². The van der Waals surface area contributed by atoms with Gasteiger partial charge in [-0.15, -0.1) is 0 Å². The fourth-order valence-corrected chi connectivity index (χ4v) is 4.59. The van der Waals surface area contributed by atoms with Gasteiger partial charge in [-0.1, -0.05) is 23.8 Å². The first-order valence-electron chi connectivity index (χ1n) is 10.2. The second-order valence-electron chi connectivity index (χ2n) is 7.65. The maximum Gasteiger partial charge on any atom is 0.251 e. The van der Waals surface area contributed by atoms with Crippen LogP contribution in [0.1, 0.15) is 35.2 Å². The van der Waals surface area contributed by atoms with Crippen molar-refractivity contribution in [3.05, 3.63) is 65.5 Å². The zero-order chi connectivity index (χ0) is 22.4. The molecule has 2 aromatic rings. The van der Waals surface area contributed by atoms with Crippen LogP contribution in [0, 0.1) is 12.7 Å². The van der Waals surface area contributed by atoms with Gasteiger partial charge in [0.1, 0.15) is 11.9 Å². The van der Waals surface area contributed by atoms with Crippen LogP contribution in [0.3, 0.4) is 0 Å². The van der Waals surface area contributed by atoms with Crippen molar-refractivity contribution in [3.8, 4) is 0 Å². The number of carbonyl (C=O) groups excluding carboxylic acids is 1. The van der Waals surface area contributed by atoms with Crippen LogP contribution in [0.15, 0.2) is 53.4 Å². The Bertz CT molecular complexity index is 997. The zero-order valence-electron chi connectivity index (χ0n) is 17.3. The smallest absolute Gasteiger partial charge is 0.251 e. The topological polar surface area (TPSA) is 105 Å². The van der Waals surface area contributed by atoms with Gasteiger partial charge in [0.05, 0.1) is 23.6 Å². The monoisotopic (exact) mass is 450 g/mol. The summed E-state index contributed by atoms with van der Waals surface area (Å²) < 4.78 is 46.5. The number of sulfonamides is 1. The van der Waals surface area contributed by atoms with Gasteiger partial charge in [-0.25, -0.2) is 17.5 Å². The van der Waals surface area contributed by atoms with E-state index in [2.05, 4.69) is 10.0 Å². The molecule has 0 saturated carbocycles. The second kappa shape index (κ2) is 10.3. The van der Waals surface area contributed by atoms with E-state index in [0.717, 1.165) is 11.6 Å². The molecule has 3 N–H and O–H groups in total. The Morgan fingerprint density at radius 2 is 1.94 bits per heavy atom. The molecule has 1 aliphatic rings. The molecular weight excluding hydrogens is 423 g/mol. The van der Waals surface area contributed by atoms with Gasteiger partial charge in [0.2, 0.25) is 10.0 Å². The number of carbonyl (C=O) groups is 1. The van der Waals surface area contributed by atoms with Crippen LogP contribution < -0.4 is 10.0 Å². The largest absolute Gasteiger partial charge is 0.394 e. The summed E-state index contributed by atoms with van der Waals surface area (Å²) in [6, 6.07) is 11.6. The second-order valence-corrected chi connectivity index (χ2v) is 9.41. The fourth-order valence-electron chi connectivity index (χ4n) is 3.55. The molecule has 7 nitrogen and oxygen atoms in total. The lowest BCUT2D eigenvalue weighted by Crippen LogP contribution is -2.51. The molecule has 1 aliphatic heterocycles. The van der Waals surface area contributed by atoms with E-state index in [0.29, 0.717) is 19.3 Å². The molecule has 1 heterocycles. The first kappa shape index (κ1) is 23.3. The van der Waals surface area contributed by atoms with E-state index < -0.39 is 33.9 Å². The normalized spacial score (nSPS) is 21.6. The molecule has 0 bridgehead atoms. The van der Waals surface area contributed by atoms with Crippen molar-refractivity contribution in [1.82, 2.24) is 10.0 Å². The quantitative estimate of drug-likeness (QED) is 0.572. The van der Waals surface area contributed by atoms with Gasteiger partial charge in [-0.05, 0) is 56.5 Å². The molecule has 0 aliphatic carbocycles.